The molecule has 0 spiro atoms. The molecule has 0 saturated carbocycles. The van der Waals surface area contributed by atoms with Crippen LogP contribution in [0.4, 0.5) is 0 Å². The monoisotopic (exact) mass is 384 g/mol. The van der Waals surface area contributed by atoms with E-state index in [0.717, 1.165) is 22.0 Å². The first-order chi connectivity index (χ1) is 14.3. The average molecular weight is 384 g/mol. The second-order valence-electron chi connectivity index (χ2n) is 7.00. The van der Waals surface area contributed by atoms with Crippen molar-refractivity contribution in [2.45, 2.75) is 5.92 Å². The molecule has 1 atom stereocenters. The molecule has 144 valence electrons. The molecule has 0 radical (unpaired) electrons. The van der Waals surface area contributed by atoms with Gasteiger partial charge in [0.2, 0.25) is 6.79 Å². The predicted molar refractivity (Wildman–Crippen MR) is 111 cm³/mol. The van der Waals surface area contributed by atoms with Gasteiger partial charge in [-0.05, 0) is 29.3 Å². The van der Waals surface area contributed by atoms with Crippen molar-refractivity contribution in [3.63, 3.8) is 0 Å². The molecule has 3 aromatic carbocycles. The first kappa shape index (κ1) is 17.4. The van der Waals surface area contributed by atoms with Crippen LogP contribution in [0.5, 0.6) is 11.5 Å². The molecule has 0 fully saturated rings. The number of hydrogen-bond donors (Lipinski definition) is 2. The first-order valence-corrected chi connectivity index (χ1v) is 9.59. The van der Waals surface area contributed by atoms with E-state index in [1.807, 2.05) is 36.5 Å². The molecule has 5 nitrogen and oxygen atoms in total. The fraction of sp³-hybridized carbons (Fsp3) is 0.125. The minimum absolute atomic E-state index is 0.0187. The van der Waals surface area contributed by atoms with Crippen LogP contribution in [0.1, 0.15) is 27.4 Å². The molecule has 0 saturated heterocycles. The number of aromatic nitrogens is 1. The van der Waals surface area contributed by atoms with E-state index in [-0.39, 0.29) is 18.6 Å². The highest BCUT2D eigenvalue weighted by Gasteiger charge is 2.24. The van der Waals surface area contributed by atoms with Gasteiger partial charge < -0.3 is 19.8 Å². The largest absolute Gasteiger partial charge is 0.454 e. The van der Waals surface area contributed by atoms with Crippen LogP contribution in [0, 0.1) is 0 Å². The van der Waals surface area contributed by atoms with Gasteiger partial charge in [-0.3, -0.25) is 4.79 Å². The van der Waals surface area contributed by atoms with Crippen LogP contribution in [-0.2, 0) is 0 Å². The zero-order chi connectivity index (χ0) is 19.6. The lowest BCUT2D eigenvalue weighted by molar-refractivity contribution is 0.0948. The minimum Gasteiger partial charge on any atom is -0.454 e. The lowest BCUT2D eigenvalue weighted by Gasteiger charge is -2.18. The average Bonchev–Trinajstić information content (AvgIpc) is 3.42. The number of fused-ring (bicyclic) bond motifs is 2. The molecule has 1 aromatic heterocycles. The van der Waals surface area contributed by atoms with Crippen molar-refractivity contribution in [1.82, 2.24) is 10.3 Å². The number of aromatic amines is 1. The molecule has 0 aliphatic carbocycles. The number of H-pyrrole nitrogens is 1. The zero-order valence-electron chi connectivity index (χ0n) is 15.7. The molecule has 5 heteroatoms. The number of amides is 1. The number of ether oxygens (including phenoxy) is 2. The van der Waals surface area contributed by atoms with Gasteiger partial charge >= 0.3 is 0 Å². The lowest BCUT2D eigenvalue weighted by atomic mass is 9.91. The van der Waals surface area contributed by atoms with Crippen LogP contribution >= 0.6 is 0 Å². The Kier molecular flexibility index (Phi) is 4.41. The molecule has 2 heterocycles. The summed E-state index contributed by atoms with van der Waals surface area (Å²) in [6, 6.07) is 23.8. The Morgan fingerprint density at radius 3 is 2.69 bits per heavy atom. The Balaban J connectivity index is 1.45. The van der Waals surface area contributed by atoms with Crippen LogP contribution in [0.15, 0.2) is 79.0 Å². The van der Waals surface area contributed by atoms with Gasteiger partial charge in [0.25, 0.3) is 5.91 Å². The molecule has 0 bridgehead atoms. The number of hydrogen-bond acceptors (Lipinski definition) is 3. The Bertz CT molecular complexity index is 1170. The standard InChI is InChI=1S/C24H20N2O3/c27-24(18-10-6-12-22-23(18)29-15-28-22)26-13-19(16-7-2-1-3-8-16)20-14-25-21-11-5-4-9-17(20)21/h1-12,14,19,25H,13,15H2,(H,26,27). The quantitative estimate of drug-likeness (QED) is 0.534. The normalized spacial score (nSPS) is 13.4. The minimum atomic E-state index is -0.173. The number of nitrogens with one attached hydrogen (secondary N) is 2. The molecule has 5 rings (SSSR count). The highest BCUT2D eigenvalue weighted by atomic mass is 16.7. The maximum Gasteiger partial charge on any atom is 0.255 e. The molecule has 1 aliphatic heterocycles. The second-order valence-corrected chi connectivity index (χ2v) is 7.00. The van der Waals surface area contributed by atoms with Crippen molar-refractivity contribution in [1.29, 1.82) is 0 Å². The molecule has 2 N–H and O–H groups in total. The van der Waals surface area contributed by atoms with E-state index < -0.39 is 0 Å². The van der Waals surface area contributed by atoms with Gasteiger partial charge in [-0.15, -0.1) is 0 Å². The highest BCUT2D eigenvalue weighted by Crippen LogP contribution is 2.35. The van der Waals surface area contributed by atoms with E-state index in [1.54, 1.807) is 18.2 Å². The summed E-state index contributed by atoms with van der Waals surface area (Å²) >= 11 is 0. The molecule has 29 heavy (non-hydrogen) atoms. The maximum absolute atomic E-state index is 12.9. The molecular weight excluding hydrogens is 364 g/mol. The Morgan fingerprint density at radius 2 is 1.79 bits per heavy atom. The van der Waals surface area contributed by atoms with E-state index in [4.69, 9.17) is 9.47 Å². The molecule has 1 aliphatic rings. The highest BCUT2D eigenvalue weighted by molar-refractivity contribution is 5.98. The van der Waals surface area contributed by atoms with Crippen molar-refractivity contribution >= 4 is 16.8 Å². The third-order valence-electron chi connectivity index (χ3n) is 5.31. The summed E-state index contributed by atoms with van der Waals surface area (Å²) in [7, 11) is 0. The van der Waals surface area contributed by atoms with Crippen LogP contribution in [-0.4, -0.2) is 24.2 Å². The van der Waals surface area contributed by atoms with E-state index in [9.17, 15) is 4.79 Å². The fourth-order valence-corrected chi connectivity index (χ4v) is 3.87. The summed E-state index contributed by atoms with van der Waals surface area (Å²) in [5.41, 5.74) is 3.88. The Labute approximate surface area is 168 Å². The van der Waals surface area contributed by atoms with E-state index >= 15 is 0 Å². The number of carbonyl (C=O) groups is 1. The summed E-state index contributed by atoms with van der Waals surface area (Å²) < 4.78 is 10.9. The van der Waals surface area contributed by atoms with Crippen LogP contribution in [0.2, 0.25) is 0 Å². The van der Waals surface area contributed by atoms with Crippen LogP contribution < -0.4 is 14.8 Å². The van der Waals surface area contributed by atoms with Gasteiger partial charge in [0.05, 0.1) is 5.56 Å². The van der Waals surface area contributed by atoms with Crippen molar-refractivity contribution < 1.29 is 14.3 Å². The summed E-state index contributed by atoms with van der Waals surface area (Å²) in [4.78, 5) is 16.3. The zero-order valence-corrected chi connectivity index (χ0v) is 15.7. The van der Waals surface area contributed by atoms with E-state index in [0.29, 0.717) is 23.6 Å². The number of carbonyl (C=O) groups excluding carboxylic acids is 1. The van der Waals surface area contributed by atoms with Crippen molar-refractivity contribution in [2.75, 3.05) is 13.3 Å². The Morgan fingerprint density at radius 1 is 0.966 bits per heavy atom. The Hall–Kier alpha value is -3.73. The summed E-state index contributed by atoms with van der Waals surface area (Å²) in [5.74, 6) is 0.959. The van der Waals surface area contributed by atoms with Gasteiger partial charge in [-0.25, -0.2) is 0 Å². The van der Waals surface area contributed by atoms with Crippen molar-refractivity contribution in [2.24, 2.45) is 0 Å². The number of para-hydroxylation sites is 2. The van der Waals surface area contributed by atoms with Crippen LogP contribution in [0.3, 0.4) is 0 Å². The maximum atomic E-state index is 12.9. The van der Waals surface area contributed by atoms with Crippen molar-refractivity contribution in [3.05, 3.63) is 95.7 Å². The first-order valence-electron chi connectivity index (χ1n) is 9.59. The second kappa shape index (κ2) is 7.36. The van der Waals surface area contributed by atoms with Crippen molar-refractivity contribution in [3.8, 4) is 11.5 Å². The predicted octanol–water partition coefficient (Wildman–Crippen LogP) is 4.46. The number of rotatable bonds is 5. The smallest absolute Gasteiger partial charge is 0.255 e. The fourth-order valence-electron chi connectivity index (χ4n) is 3.87. The summed E-state index contributed by atoms with van der Waals surface area (Å²) in [6.45, 7) is 0.608. The third-order valence-corrected chi connectivity index (χ3v) is 5.31. The third kappa shape index (κ3) is 3.21. The van der Waals surface area contributed by atoms with Gasteiger partial charge in [0.1, 0.15) is 0 Å². The van der Waals surface area contributed by atoms with Gasteiger partial charge in [0, 0.05) is 29.6 Å². The lowest BCUT2D eigenvalue weighted by Crippen LogP contribution is -2.29. The topological polar surface area (TPSA) is 63.4 Å². The van der Waals surface area contributed by atoms with E-state index in [1.165, 1.54) is 0 Å². The SMILES string of the molecule is O=C(NCC(c1ccccc1)c1c[nH]c2ccccc12)c1cccc2c1OCO2. The molecule has 1 amide bonds. The van der Waals surface area contributed by atoms with E-state index in [2.05, 4.69) is 34.6 Å². The molecule has 1 unspecified atom stereocenters. The van der Waals surface area contributed by atoms with Gasteiger partial charge in [-0.2, -0.15) is 0 Å². The summed E-state index contributed by atoms with van der Waals surface area (Å²) in [5, 5.41) is 4.25. The van der Waals surface area contributed by atoms with Crippen LogP contribution in [0.25, 0.3) is 10.9 Å². The van der Waals surface area contributed by atoms with Gasteiger partial charge in [0.15, 0.2) is 11.5 Å². The van der Waals surface area contributed by atoms with Gasteiger partial charge in [-0.1, -0.05) is 54.6 Å². The number of benzene rings is 3. The molecular formula is C24H20N2O3. The summed E-state index contributed by atoms with van der Waals surface area (Å²) in [6.07, 6.45) is 2.03. The molecule has 4 aromatic rings.